The number of nitrogens with zero attached hydrogens (tertiary/aromatic N) is 1. The molecule has 1 aromatic heterocycles. The molecule has 0 bridgehead atoms. The van der Waals surface area contributed by atoms with Crippen LogP contribution in [0.1, 0.15) is 12.5 Å². The second-order valence-electron chi connectivity index (χ2n) is 3.63. The highest BCUT2D eigenvalue weighted by molar-refractivity contribution is 5.92. The van der Waals surface area contributed by atoms with Crippen molar-refractivity contribution >= 4 is 10.9 Å². The molecule has 0 radical (unpaired) electrons. The van der Waals surface area contributed by atoms with Crippen molar-refractivity contribution in [3.63, 3.8) is 0 Å². The molecule has 1 heterocycles. The van der Waals surface area contributed by atoms with Gasteiger partial charge in [-0.05, 0) is 24.1 Å². The second-order valence-corrected chi connectivity index (χ2v) is 3.63. The van der Waals surface area contributed by atoms with E-state index in [0.717, 1.165) is 28.6 Å². The molecule has 0 amide bonds. The van der Waals surface area contributed by atoms with Gasteiger partial charge in [-0.2, -0.15) is 0 Å². The summed E-state index contributed by atoms with van der Waals surface area (Å²) in [7, 11) is 3.61. The van der Waals surface area contributed by atoms with Crippen LogP contribution in [-0.2, 0) is 13.5 Å². The Morgan fingerprint density at radius 2 is 2.20 bits per heavy atom. The lowest BCUT2D eigenvalue weighted by atomic mass is 10.1. The molecule has 0 aliphatic heterocycles. The van der Waals surface area contributed by atoms with E-state index in [2.05, 4.69) is 0 Å². The lowest BCUT2D eigenvalue weighted by Gasteiger charge is -2.11. The molecule has 80 valence electrons. The fourth-order valence-electron chi connectivity index (χ4n) is 1.97. The van der Waals surface area contributed by atoms with Crippen LogP contribution in [0.2, 0.25) is 0 Å². The van der Waals surface area contributed by atoms with Gasteiger partial charge in [0, 0.05) is 18.6 Å². The maximum absolute atomic E-state index is 9.85. The van der Waals surface area contributed by atoms with E-state index < -0.39 is 0 Å². The number of rotatable bonds is 2. The van der Waals surface area contributed by atoms with Gasteiger partial charge >= 0.3 is 0 Å². The third-order valence-electron chi connectivity index (χ3n) is 2.75. The summed E-state index contributed by atoms with van der Waals surface area (Å²) in [5.41, 5.74) is 1.98. The predicted octanol–water partition coefficient (Wildman–Crippen LogP) is 2.45. The van der Waals surface area contributed by atoms with Crippen molar-refractivity contribution in [2.24, 2.45) is 7.05 Å². The van der Waals surface area contributed by atoms with Crippen LogP contribution in [0.5, 0.6) is 11.5 Å². The van der Waals surface area contributed by atoms with Gasteiger partial charge in [0.2, 0.25) is 0 Å². The Hall–Kier alpha value is -1.64. The lowest BCUT2D eigenvalue weighted by Crippen LogP contribution is -1.95. The minimum atomic E-state index is 0.322. The summed E-state index contributed by atoms with van der Waals surface area (Å²) >= 11 is 0. The summed E-state index contributed by atoms with van der Waals surface area (Å²) in [5.74, 6) is 1.18. The van der Waals surface area contributed by atoms with Crippen LogP contribution in [-0.4, -0.2) is 16.8 Å². The predicted molar refractivity (Wildman–Crippen MR) is 60.5 cm³/mol. The molecule has 15 heavy (non-hydrogen) atoms. The van der Waals surface area contributed by atoms with Crippen molar-refractivity contribution in [1.29, 1.82) is 0 Å². The van der Waals surface area contributed by atoms with E-state index in [9.17, 15) is 5.11 Å². The van der Waals surface area contributed by atoms with Gasteiger partial charge in [-0.1, -0.05) is 6.92 Å². The Labute approximate surface area is 88.9 Å². The molecule has 1 aromatic carbocycles. The Morgan fingerprint density at radius 3 is 2.80 bits per heavy atom. The van der Waals surface area contributed by atoms with Gasteiger partial charge in [0.25, 0.3) is 0 Å². The van der Waals surface area contributed by atoms with Gasteiger partial charge in [-0.25, -0.2) is 0 Å². The summed E-state index contributed by atoms with van der Waals surface area (Å²) in [5, 5.41) is 10.7. The molecule has 0 aliphatic carbocycles. The maximum Gasteiger partial charge on any atom is 0.146 e. The molecule has 2 rings (SSSR count). The highest BCUT2D eigenvalue weighted by Gasteiger charge is 2.13. The molecular formula is C12H15NO2. The van der Waals surface area contributed by atoms with Gasteiger partial charge in [-0.15, -0.1) is 0 Å². The number of fused-ring (bicyclic) bond motifs is 1. The minimum absolute atomic E-state index is 0.322. The third kappa shape index (κ3) is 1.35. The Morgan fingerprint density at radius 1 is 1.47 bits per heavy atom. The second kappa shape index (κ2) is 3.50. The van der Waals surface area contributed by atoms with Crippen molar-refractivity contribution in [1.82, 2.24) is 4.57 Å². The maximum atomic E-state index is 9.85. The van der Waals surface area contributed by atoms with Crippen LogP contribution in [0.4, 0.5) is 0 Å². The monoisotopic (exact) mass is 205 g/mol. The van der Waals surface area contributed by atoms with Crippen LogP contribution in [0.15, 0.2) is 18.3 Å². The zero-order valence-corrected chi connectivity index (χ0v) is 9.24. The van der Waals surface area contributed by atoms with E-state index in [1.807, 2.05) is 30.8 Å². The standard InChI is InChI=1S/C12H15NO2/c1-4-8-7-10(14)9-5-6-13(2)11(9)12(8)15-3/h5-7,14H,4H2,1-3H3. The summed E-state index contributed by atoms with van der Waals surface area (Å²) in [4.78, 5) is 0. The summed E-state index contributed by atoms with van der Waals surface area (Å²) in [6, 6.07) is 3.67. The average Bonchev–Trinajstić information content (AvgIpc) is 2.61. The van der Waals surface area contributed by atoms with Crippen molar-refractivity contribution in [3.8, 4) is 11.5 Å². The molecule has 2 aromatic rings. The Kier molecular flexibility index (Phi) is 2.31. The number of ether oxygens (including phenoxy) is 1. The molecule has 0 spiro atoms. The fraction of sp³-hybridized carbons (Fsp3) is 0.333. The van der Waals surface area contributed by atoms with E-state index in [1.165, 1.54) is 0 Å². The number of phenolic OH excluding ortho intramolecular Hbond substituents is 1. The van der Waals surface area contributed by atoms with Crippen LogP contribution in [0.3, 0.4) is 0 Å². The molecule has 1 N–H and O–H groups in total. The van der Waals surface area contributed by atoms with Crippen molar-refractivity contribution in [3.05, 3.63) is 23.9 Å². The van der Waals surface area contributed by atoms with E-state index >= 15 is 0 Å². The number of phenols is 1. The number of aryl methyl sites for hydroxylation is 2. The fourth-order valence-corrected chi connectivity index (χ4v) is 1.97. The summed E-state index contributed by atoms with van der Waals surface area (Å²) in [6.07, 6.45) is 2.77. The first kappa shape index (κ1) is 9.90. The highest BCUT2D eigenvalue weighted by atomic mass is 16.5. The largest absolute Gasteiger partial charge is 0.507 e. The SMILES string of the molecule is CCc1cc(O)c2ccn(C)c2c1OC. The number of aromatic hydroxyl groups is 1. The van der Waals surface area contributed by atoms with Gasteiger partial charge in [0.15, 0.2) is 0 Å². The minimum Gasteiger partial charge on any atom is -0.507 e. The van der Waals surface area contributed by atoms with Gasteiger partial charge in [0.1, 0.15) is 11.5 Å². The van der Waals surface area contributed by atoms with Gasteiger partial charge < -0.3 is 14.4 Å². The lowest BCUT2D eigenvalue weighted by molar-refractivity contribution is 0.411. The normalized spacial score (nSPS) is 10.9. The van der Waals surface area contributed by atoms with E-state index in [-0.39, 0.29) is 0 Å². The van der Waals surface area contributed by atoms with Crippen LogP contribution in [0, 0.1) is 0 Å². The first-order valence-electron chi connectivity index (χ1n) is 5.03. The molecule has 0 atom stereocenters. The molecule has 0 unspecified atom stereocenters. The number of aromatic nitrogens is 1. The van der Waals surface area contributed by atoms with Crippen molar-refractivity contribution in [2.45, 2.75) is 13.3 Å². The Bertz CT molecular complexity index is 500. The average molecular weight is 205 g/mol. The van der Waals surface area contributed by atoms with Gasteiger partial charge in [0.05, 0.1) is 12.6 Å². The number of hydrogen-bond donors (Lipinski definition) is 1. The van der Waals surface area contributed by atoms with E-state index in [4.69, 9.17) is 4.74 Å². The van der Waals surface area contributed by atoms with Crippen LogP contribution >= 0.6 is 0 Å². The van der Waals surface area contributed by atoms with Gasteiger partial charge in [-0.3, -0.25) is 0 Å². The quantitative estimate of drug-likeness (QED) is 0.817. The smallest absolute Gasteiger partial charge is 0.146 e. The molecule has 0 saturated heterocycles. The molecule has 0 fully saturated rings. The molecule has 0 saturated carbocycles. The molecule has 3 nitrogen and oxygen atoms in total. The molecular weight excluding hydrogens is 190 g/mol. The molecule has 0 aliphatic rings. The highest BCUT2D eigenvalue weighted by Crippen LogP contribution is 2.36. The number of benzene rings is 1. The van der Waals surface area contributed by atoms with Crippen LogP contribution < -0.4 is 4.74 Å². The van der Waals surface area contributed by atoms with Crippen molar-refractivity contribution in [2.75, 3.05) is 7.11 Å². The van der Waals surface area contributed by atoms with Crippen LogP contribution in [0.25, 0.3) is 10.9 Å². The van der Waals surface area contributed by atoms with E-state index in [0.29, 0.717) is 5.75 Å². The zero-order valence-electron chi connectivity index (χ0n) is 9.24. The first-order chi connectivity index (χ1) is 7.19. The molecule has 3 heteroatoms. The third-order valence-corrected chi connectivity index (χ3v) is 2.75. The Balaban J connectivity index is 2.89. The van der Waals surface area contributed by atoms with E-state index in [1.54, 1.807) is 13.2 Å². The summed E-state index contributed by atoms with van der Waals surface area (Å²) in [6.45, 7) is 2.05. The first-order valence-corrected chi connectivity index (χ1v) is 5.03. The topological polar surface area (TPSA) is 34.4 Å². The van der Waals surface area contributed by atoms with Crippen molar-refractivity contribution < 1.29 is 9.84 Å². The zero-order chi connectivity index (χ0) is 11.0. The number of hydrogen-bond acceptors (Lipinski definition) is 2. The summed E-state index contributed by atoms with van der Waals surface area (Å²) < 4.78 is 7.38. The number of methoxy groups -OCH3 is 1.